The molecular weight excluding hydrogens is 335 g/mol. The van der Waals surface area contributed by atoms with Crippen LogP contribution in [0.5, 0.6) is 0 Å². The summed E-state index contributed by atoms with van der Waals surface area (Å²) in [5, 5.41) is 10.2. The molecule has 1 amide bonds. The molecular formula is C19H19FN4O2. The summed E-state index contributed by atoms with van der Waals surface area (Å²) < 4.78 is 18.6. The molecule has 0 unspecified atom stereocenters. The molecule has 1 N–H and O–H groups in total. The van der Waals surface area contributed by atoms with Crippen molar-refractivity contribution in [1.82, 2.24) is 10.2 Å². The van der Waals surface area contributed by atoms with Gasteiger partial charge >= 0.3 is 11.8 Å². The quantitative estimate of drug-likeness (QED) is 0.725. The smallest absolute Gasteiger partial charge is 0.313 e. The average molecular weight is 354 g/mol. The van der Waals surface area contributed by atoms with Crippen LogP contribution in [0.2, 0.25) is 0 Å². The van der Waals surface area contributed by atoms with Crippen LogP contribution in [0.4, 0.5) is 15.8 Å². The molecule has 0 saturated carbocycles. The summed E-state index contributed by atoms with van der Waals surface area (Å²) in [7, 11) is 0. The summed E-state index contributed by atoms with van der Waals surface area (Å²) in [6.07, 6.45) is 0. The van der Waals surface area contributed by atoms with Gasteiger partial charge < -0.3 is 14.6 Å². The van der Waals surface area contributed by atoms with Gasteiger partial charge in [-0.05, 0) is 56.3 Å². The van der Waals surface area contributed by atoms with Crippen molar-refractivity contribution < 1.29 is 13.6 Å². The largest absolute Gasteiger partial charge is 0.412 e. The van der Waals surface area contributed by atoms with E-state index in [2.05, 4.69) is 34.3 Å². The number of carbonyl (C=O) groups excluding carboxylic acids is 1. The zero-order valence-electron chi connectivity index (χ0n) is 14.6. The Morgan fingerprint density at radius 2 is 1.85 bits per heavy atom. The van der Waals surface area contributed by atoms with Crippen LogP contribution >= 0.6 is 0 Å². The number of nitrogens with one attached hydrogen (secondary N) is 1. The number of anilines is 2. The minimum atomic E-state index is -0.518. The SMILES string of the molecule is CCN(CC)c1ccc(NC(=O)c2nnc(-c3cccc(F)c3)o2)cc1. The van der Waals surface area contributed by atoms with E-state index in [1.807, 2.05) is 24.3 Å². The summed E-state index contributed by atoms with van der Waals surface area (Å²) in [4.78, 5) is 14.5. The van der Waals surface area contributed by atoms with E-state index < -0.39 is 11.7 Å². The van der Waals surface area contributed by atoms with E-state index in [0.717, 1.165) is 18.8 Å². The van der Waals surface area contributed by atoms with Crippen molar-refractivity contribution in [3.8, 4) is 11.5 Å². The Labute approximate surface area is 150 Å². The van der Waals surface area contributed by atoms with Gasteiger partial charge in [0, 0.05) is 30.0 Å². The van der Waals surface area contributed by atoms with Crippen LogP contribution in [0.3, 0.4) is 0 Å². The molecule has 0 saturated heterocycles. The second kappa shape index (κ2) is 7.77. The highest BCUT2D eigenvalue weighted by Crippen LogP contribution is 2.20. The molecule has 0 aliphatic rings. The van der Waals surface area contributed by atoms with Crippen LogP contribution in [0.25, 0.3) is 11.5 Å². The Balaban J connectivity index is 1.71. The number of aromatic nitrogens is 2. The number of benzene rings is 2. The van der Waals surface area contributed by atoms with Crippen LogP contribution < -0.4 is 10.2 Å². The highest BCUT2D eigenvalue weighted by atomic mass is 19.1. The van der Waals surface area contributed by atoms with Gasteiger partial charge in [0.2, 0.25) is 5.89 Å². The highest BCUT2D eigenvalue weighted by Gasteiger charge is 2.16. The molecule has 2 aromatic carbocycles. The lowest BCUT2D eigenvalue weighted by Gasteiger charge is -2.21. The van der Waals surface area contributed by atoms with E-state index in [9.17, 15) is 9.18 Å². The van der Waals surface area contributed by atoms with Crippen molar-refractivity contribution in [2.75, 3.05) is 23.3 Å². The van der Waals surface area contributed by atoms with Gasteiger partial charge in [-0.2, -0.15) is 0 Å². The first-order valence-corrected chi connectivity index (χ1v) is 8.36. The van der Waals surface area contributed by atoms with Gasteiger partial charge in [0.1, 0.15) is 5.82 Å². The predicted molar refractivity (Wildman–Crippen MR) is 97.6 cm³/mol. The summed E-state index contributed by atoms with van der Waals surface area (Å²) >= 11 is 0. The van der Waals surface area contributed by atoms with Crippen molar-refractivity contribution in [3.05, 3.63) is 60.2 Å². The predicted octanol–water partition coefficient (Wildman–Crippen LogP) is 3.97. The standard InChI is InChI=1S/C19H19FN4O2/c1-3-24(4-2)16-10-8-15(9-11-16)21-17(25)19-23-22-18(26-19)13-6-5-7-14(20)12-13/h5-12H,3-4H2,1-2H3,(H,21,25). The summed E-state index contributed by atoms with van der Waals surface area (Å²) in [5.74, 6) is -1.03. The molecule has 6 nitrogen and oxygen atoms in total. The molecule has 0 aliphatic heterocycles. The number of carbonyl (C=O) groups is 1. The first-order chi connectivity index (χ1) is 12.6. The maximum absolute atomic E-state index is 13.3. The number of rotatable bonds is 6. The summed E-state index contributed by atoms with van der Waals surface area (Å²) in [6.45, 7) is 6.00. The van der Waals surface area contributed by atoms with Gasteiger partial charge in [-0.1, -0.05) is 6.07 Å². The fourth-order valence-corrected chi connectivity index (χ4v) is 2.58. The Morgan fingerprint density at radius 1 is 1.12 bits per heavy atom. The molecule has 134 valence electrons. The van der Waals surface area contributed by atoms with Crippen LogP contribution in [0.15, 0.2) is 52.9 Å². The first-order valence-electron chi connectivity index (χ1n) is 8.36. The third-order valence-corrected chi connectivity index (χ3v) is 3.94. The lowest BCUT2D eigenvalue weighted by atomic mass is 10.2. The number of halogens is 1. The molecule has 0 fully saturated rings. The van der Waals surface area contributed by atoms with Crippen molar-refractivity contribution in [2.24, 2.45) is 0 Å². The van der Waals surface area contributed by atoms with Crippen LogP contribution in [-0.4, -0.2) is 29.2 Å². The highest BCUT2D eigenvalue weighted by molar-refractivity contribution is 6.01. The molecule has 0 atom stereocenters. The van der Waals surface area contributed by atoms with Gasteiger partial charge in [0.05, 0.1) is 0 Å². The Bertz CT molecular complexity index is 889. The number of hydrogen-bond acceptors (Lipinski definition) is 5. The van der Waals surface area contributed by atoms with E-state index in [-0.39, 0.29) is 11.8 Å². The fourth-order valence-electron chi connectivity index (χ4n) is 2.58. The monoisotopic (exact) mass is 354 g/mol. The molecule has 1 heterocycles. The van der Waals surface area contributed by atoms with E-state index in [1.165, 1.54) is 18.2 Å². The lowest BCUT2D eigenvalue weighted by Crippen LogP contribution is -2.21. The van der Waals surface area contributed by atoms with E-state index in [0.29, 0.717) is 11.3 Å². The molecule has 0 bridgehead atoms. The van der Waals surface area contributed by atoms with Crippen molar-refractivity contribution in [3.63, 3.8) is 0 Å². The lowest BCUT2D eigenvalue weighted by molar-refractivity contribution is 0.0991. The Hall–Kier alpha value is -3.22. The molecule has 0 radical (unpaired) electrons. The second-order valence-corrected chi connectivity index (χ2v) is 5.60. The molecule has 7 heteroatoms. The molecule has 0 aliphatic carbocycles. The van der Waals surface area contributed by atoms with Crippen molar-refractivity contribution in [1.29, 1.82) is 0 Å². The van der Waals surface area contributed by atoms with E-state index in [1.54, 1.807) is 6.07 Å². The zero-order chi connectivity index (χ0) is 18.5. The van der Waals surface area contributed by atoms with Crippen LogP contribution in [0.1, 0.15) is 24.5 Å². The molecule has 3 rings (SSSR count). The van der Waals surface area contributed by atoms with Gasteiger partial charge in [-0.25, -0.2) is 4.39 Å². The fraction of sp³-hybridized carbons (Fsp3) is 0.211. The Morgan fingerprint density at radius 3 is 2.50 bits per heavy atom. The summed E-state index contributed by atoms with van der Waals surface area (Å²) in [6, 6.07) is 13.3. The van der Waals surface area contributed by atoms with Gasteiger partial charge in [0.25, 0.3) is 0 Å². The van der Waals surface area contributed by atoms with Gasteiger partial charge in [-0.15, -0.1) is 10.2 Å². The molecule has 3 aromatic rings. The number of nitrogens with zero attached hydrogens (tertiary/aromatic N) is 3. The van der Waals surface area contributed by atoms with E-state index >= 15 is 0 Å². The average Bonchev–Trinajstić information content (AvgIpc) is 3.14. The third-order valence-electron chi connectivity index (χ3n) is 3.94. The first kappa shape index (κ1) is 17.6. The normalized spacial score (nSPS) is 10.6. The number of amides is 1. The maximum Gasteiger partial charge on any atom is 0.313 e. The number of hydrogen-bond donors (Lipinski definition) is 1. The van der Waals surface area contributed by atoms with Gasteiger partial charge in [-0.3, -0.25) is 4.79 Å². The maximum atomic E-state index is 13.3. The molecule has 26 heavy (non-hydrogen) atoms. The van der Waals surface area contributed by atoms with Crippen molar-refractivity contribution in [2.45, 2.75) is 13.8 Å². The second-order valence-electron chi connectivity index (χ2n) is 5.60. The Kier molecular flexibility index (Phi) is 5.26. The third kappa shape index (κ3) is 3.88. The molecule has 1 aromatic heterocycles. The van der Waals surface area contributed by atoms with Crippen LogP contribution in [-0.2, 0) is 0 Å². The van der Waals surface area contributed by atoms with E-state index in [4.69, 9.17) is 4.42 Å². The molecule has 0 spiro atoms. The van der Waals surface area contributed by atoms with Crippen LogP contribution in [0, 0.1) is 5.82 Å². The van der Waals surface area contributed by atoms with Crippen molar-refractivity contribution >= 4 is 17.3 Å². The topological polar surface area (TPSA) is 71.3 Å². The minimum absolute atomic E-state index is 0.0894. The van der Waals surface area contributed by atoms with Gasteiger partial charge in [0.15, 0.2) is 0 Å². The minimum Gasteiger partial charge on any atom is -0.412 e. The summed E-state index contributed by atoms with van der Waals surface area (Å²) in [5.41, 5.74) is 2.12. The zero-order valence-corrected chi connectivity index (χ0v) is 14.6.